The maximum absolute atomic E-state index is 13.1. The van der Waals surface area contributed by atoms with E-state index in [0.717, 1.165) is 45.2 Å². The van der Waals surface area contributed by atoms with Gasteiger partial charge in [0.2, 0.25) is 5.91 Å². The maximum atomic E-state index is 13.1. The largest absolute Gasteiger partial charge is 0.491 e. The molecule has 0 spiro atoms. The minimum absolute atomic E-state index is 0.00438. The van der Waals surface area contributed by atoms with Crippen molar-refractivity contribution in [2.45, 2.75) is 71.3 Å². The summed E-state index contributed by atoms with van der Waals surface area (Å²) in [4.78, 5) is 30.0. The molecule has 2 amide bonds. The Labute approximate surface area is 181 Å². The Kier molecular flexibility index (Phi) is 8.17. The molecule has 0 saturated heterocycles. The van der Waals surface area contributed by atoms with Crippen LogP contribution in [0.4, 0.5) is 0 Å². The van der Waals surface area contributed by atoms with Crippen molar-refractivity contribution in [3.05, 3.63) is 29.8 Å². The van der Waals surface area contributed by atoms with Crippen LogP contribution in [0.5, 0.6) is 5.75 Å². The van der Waals surface area contributed by atoms with E-state index in [9.17, 15) is 9.59 Å². The first-order chi connectivity index (χ1) is 14.5. The number of carbonyl (C=O) groups excluding carboxylic acids is 2. The first-order valence-corrected chi connectivity index (χ1v) is 11.7. The second-order valence-electron chi connectivity index (χ2n) is 9.47. The van der Waals surface area contributed by atoms with Crippen molar-refractivity contribution in [3.63, 3.8) is 0 Å². The van der Waals surface area contributed by atoms with Gasteiger partial charge in [-0.15, -0.1) is 0 Å². The highest BCUT2D eigenvalue weighted by atomic mass is 16.5. The smallest absolute Gasteiger partial charge is 0.257 e. The quantitative estimate of drug-likeness (QED) is 0.714. The minimum atomic E-state index is 0.00438. The van der Waals surface area contributed by atoms with Crippen LogP contribution in [-0.2, 0) is 4.79 Å². The van der Waals surface area contributed by atoms with E-state index in [1.165, 1.54) is 12.8 Å². The topological polar surface area (TPSA) is 49.9 Å². The van der Waals surface area contributed by atoms with Gasteiger partial charge in [-0.05, 0) is 56.1 Å². The summed E-state index contributed by atoms with van der Waals surface area (Å²) in [7, 11) is 1.87. The Hall–Kier alpha value is -2.04. The van der Waals surface area contributed by atoms with Gasteiger partial charge in [0.05, 0.1) is 11.6 Å². The van der Waals surface area contributed by atoms with E-state index < -0.39 is 0 Å². The summed E-state index contributed by atoms with van der Waals surface area (Å²) in [5, 5.41) is 0. The van der Waals surface area contributed by atoms with Crippen LogP contribution in [0.2, 0.25) is 0 Å². The zero-order chi connectivity index (χ0) is 21.5. The molecule has 1 saturated carbocycles. The Balaban J connectivity index is 1.83. The molecule has 5 heteroatoms. The first kappa shape index (κ1) is 22.6. The number of fused-ring (bicyclic) bond motifs is 1. The summed E-state index contributed by atoms with van der Waals surface area (Å²) < 4.78 is 6.22. The zero-order valence-electron chi connectivity index (χ0n) is 18.9. The lowest BCUT2D eigenvalue weighted by Crippen LogP contribution is -2.45. The third kappa shape index (κ3) is 6.48. The molecule has 1 heterocycles. The highest BCUT2D eigenvalue weighted by Crippen LogP contribution is 2.33. The molecule has 0 N–H and O–H groups in total. The van der Waals surface area contributed by atoms with Crippen molar-refractivity contribution in [2.75, 3.05) is 26.7 Å². The molecular weight excluding hydrogens is 376 g/mol. The van der Waals surface area contributed by atoms with Crippen LogP contribution in [-0.4, -0.2) is 54.4 Å². The van der Waals surface area contributed by atoms with Crippen LogP contribution in [0.15, 0.2) is 24.3 Å². The lowest BCUT2D eigenvalue weighted by atomic mass is 10.0. The molecular formula is C25H38N2O3. The summed E-state index contributed by atoms with van der Waals surface area (Å²) in [5.74, 6) is 1.96. The van der Waals surface area contributed by atoms with Gasteiger partial charge in [-0.3, -0.25) is 9.59 Å². The van der Waals surface area contributed by atoms with Gasteiger partial charge in [-0.2, -0.15) is 0 Å². The van der Waals surface area contributed by atoms with Crippen LogP contribution in [0.3, 0.4) is 0 Å². The number of benzene rings is 1. The molecule has 1 aliphatic heterocycles. The predicted octanol–water partition coefficient (Wildman–Crippen LogP) is 4.75. The molecule has 0 radical (unpaired) electrons. The number of carbonyl (C=O) groups is 2. The normalized spacial score (nSPS) is 21.7. The van der Waals surface area contributed by atoms with E-state index in [1.54, 1.807) is 4.90 Å². The summed E-state index contributed by atoms with van der Waals surface area (Å²) in [5.41, 5.74) is 0.608. The van der Waals surface area contributed by atoms with Gasteiger partial charge in [0, 0.05) is 26.6 Å². The Morgan fingerprint density at radius 2 is 1.80 bits per heavy atom. The molecule has 0 unspecified atom stereocenters. The molecule has 2 aliphatic rings. The lowest BCUT2D eigenvalue weighted by molar-refractivity contribution is -0.135. The number of hydrogen-bond donors (Lipinski definition) is 0. The number of amides is 2. The second-order valence-corrected chi connectivity index (χ2v) is 9.47. The third-order valence-corrected chi connectivity index (χ3v) is 6.20. The van der Waals surface area contributed by atoms with Crippen molar-refractivity contribution >= 4 is 11.8 Å². The molecule has 30 heavy (non-hydrogen) atoms. The summed E-state index contributed by atoms with van der Waals surface area (Å²) in [6, 6.07) is 7.54. The van der Waals surface area contributed by atoms with Crippen molar-refractivity contribution < 1.29 is 14.3 Å². The number of rotatable bonds is 4. The highest BCUT2D eigenvalue weighted by Gasteiger charge is 2.31. The molecule has 166 valence electrons. The summed E-state index contributed by atoms with van der Waals surface area (Å²) in [6.45, 7) is 6.38. The van der Waals surface area contributed by atoms with Gasteiger partial charge in [0.1, 0.15) is 12.4 Å². The van der Waals surface area contributed by atoms with E-state index in [4.69, 9.17) is 4.74 Å². The van der Waals surface area contributed by atoms with E-state index >= 15 is 0 Å². The van der Waals surface area contributed by atoms with Crippen LogP contribution >= 0.6 is 0 Å². The molecule has 3 rings (SSSR count). The molecule has 1 fully saturated rings. The first-order valence-electron chi connectivity index (χ1n) is 11.7. The van der Waals surface area contributed by atoms with Crippen LogP contribution in [0, 0.1) is 11.8 Å². The average Bonchev–Trinajstić information content (AvgIpc) is 3.53. The SMILES string of the molecule is CC(C)C[C@H]1COc2ccccc2C(=O)N(C)CCCCCCN1C(=O)CC1CC1. The number of para-hydroxylation sites is 1. The van der Waals surface area contributed by atoms with Gasteiger partial charge in [-0.1, -0.05) is 38.8 Å². The average molecular weight is 415 g/mol. The number of nitrogens with zero attached hydrogens (tertiary/aromatic N) is 2. The molecule has 0 aromatic heterocycles. The fraction of sp³-hybridized carbons (Fsp3) is 0.680. The standard InChI is InChI=1S/C25H38N2O3/c1-19(2)16-21-18-30-23-11-7-6-10-22(23)25(29)26(3)14-8-4-5-9-15-27(21)24(28)17-20-12-13-20/h6-7,10-11,19-21H,4-5,8-9,12-18H2,1-3H3/t21-/m0/s1. The Morgan fingerprint density at radius 1 is 1.10 bits per heavy atom. The van der Waals surface area contributed by atoms with E-state index in [2.05, 4.69) is 18.7 Å². The molecule has 1 aliphatic carbocycles. The number of hydrogen-bond acceptors (Lipinski definition) is 3. The second kappa shape index (κ2) is 10.8. The number of ether oxygens (including phenoxy) is 1. The highest BCUT2D eigenvalue weighted by molar-refractivity contribution is 5.96. The maximum Gasteiger partial charge on any atom is 0.257 e. The summed E-state index contributed by atoms with van der Waals surface area (Å²) >= 11 is 0. The zero-order valence-corrected chi connectivity index (χ0v) is 18.9. The Bertz CT molecular complexity index is 714. The van der Waals surface area contributed by atoms with Crippen molar-refractivity contribution in [1.29, 1.82) is 0 Å². The van der Waals surface area contributed by atoms with E-state index in [1.807, 2.05) is 31.3 Å². The van der Waals surface area contributed by atoms with E-state index in [-0.39, 0.29) is 17.9 Å². The van der Waals surface area contributed by atoms with Crippen molar-refractivity contribution in [1.82, 2.24) is 9.80 Å². The third-order valence-electron chi connectivity index (χ3n) is 6.20. The summed E-state index contributed by atoms with van der Waals surface area (Å²) in [6.07, 6.45) is 8.12. The van der Waals surface area contributed by atoms with Crippen molar-refractivity contribution in [3.8, 4) is 5.75 Å². The molecule has 5 nitrogen and oxygen atoms in total. The monoisotopic (exact) mass is 414 g/mol. The lowest BCUT2D eigenvalue weighted by Gasteiger charge is -2.34. The molecule has 1 atom stereocenters. The van der Waals surface area contributed by atoms with E-state index in [0.29, 0.717) is 36.2 Å². The van der Waals surface area contributed by atoms with Gasteiger partial charge < -0.3 is 14.5 Å². The van der Waals surface area contributed by atoms with Crippen LogP contribution < -0.4 is 4.74 Å². The van der Waals surface area contributed by atoms with Gasteiger partial charge in [-0.25, -0.2) is 0 Å². The molecule has 1 aromatic carbocycles. The van der Waals surface area contributed by atoms with Crippen LogP contribution in [0.1, 0.15) is 75.6 Å². The van der Waals surface area contributed by atoms with Crippen LogP contribution in [0.25, 0.3) is 0 Å². The van der Waals surface area contributed by atoms with Gasteiger partial charge >= 0.3 is 0 Å². The predicted molar refractivity (Wildman–Crippen MR) is 120 cm³/mol. The fourth-order valence-electron chi connectivity index (χ4n) is 4.27. The molecule has 1 aromatic rings. The fourth-order valence-corrected chi connectivity index (χ4v) is 4.27. The van der Waals surface area contributed by atoms with Gasteiger partial charge in [0.25, 0.3) is 5.91 Å². The Morgan fingerprint density at radius 3 is 2.50 bits per heavy atom. The minimum Gasteiger partial charge on any atom is -0.491 e. The molecule has 0 bridgehead atoms. The van der Waals surface area contributed by atoms with Gasteiger partial charge in [0.15, 0.2) is 0 Å². The van der Waals surface area contributed by atoms with Crippen molar-refractivity contribution in [2.24, 2.45) is 11.8 Å².